The van der Waals surface area contributed by atoms with Gasteiger partial charge in [0.2, 0.25) is 0 Å². The summed E-state index contributed by atoms with van der Waals surface area (Å²) in [4.78, 5) is 12.4. The van der Waals surface area contributed by atoms with E-state index in [-0.39, 0.29) is 23.4 Å². The molecule has 5 atom stereocenters. The van der Waals surface area contributed by atoms with E-state index < -0.39 is 6.09 Å². The fourth-order valence-electron chi connectivity index (χ4n) is 5.08. The number of fused-ring (bicyclic) bond motifs is 2. The molecule has 2 aliphatic rings. The number of ether oxygens (including phenoxy) is 2. The van der Waals surface area contributed by atoms with Crippen LogP contribution in [0.15, 0.2) is 72.3 Å². The zero-order valence-electron chi connectivity index (χ0n) is 17.3. The van der Waals surface area contributed by atoms with E-state index in [1.54, 1.807) is 0 Å². The van der Waals surface area contributed by atoms with Crippen LogP contribution in [0.25, 0.3) is 0 Å². The first-order valence-electron chi connectivity index (χ1n) is 10.3. The van der Waals surface area contributed by atoms with Gasteiger partial charge in [-0.05, 0) is 36.5 Å². The smallest absolute Gasteiger partial charge is 0.411 e. The minimum absolute atomic E-state index is 0.0428. The fraction of sp³-hybridized carbons (Fsp3) is 0.400. The number of amides is 1. The molecule has 1 aliphatic carbocycles. The molecule has 5 unspecified atom stereocenters. The molecule has 0 spiro atoms. The molecule has 29 heavy (non-hydrogen) atoms. The summed E-state index contributed by atoms with van der Waals surface area (Å²) >= 11 is 0. The molecule has 4 rings (SSSR count). The quantitative estimate of drug-likeness (QED) is 0.666. The summed E-state index contributed by atoms with van der Waals surface area (Å²) in [5, 5.41) is 2.81. The summed E-state index contributed by atoms with van der Waals surface area (Å²) in [5.41, 5.74) is 3.09. The fourth-order valence-corrected chi connectivity index (χ4v) is 5.08. The molecule has 152 valence electrons. The molecular weight excluding hydrogens is 362 g/mol. The third kappa shape index (κ3) is 3.69. The van der Waals surface area contributed by atoms with Crippen LogP contribution in [-0.4, -0.2) is 19.3 Å². The second-order valence-electron chi connectivity index (χ2n) is 8.46. The average molecular weight is 392 g/mol. The third-order valence-corrected chi connectivity index (χ3v) is 6.87. The Labute approximate surface area is 172 Å². The van der Waals surface area contributed by atoms with Crippen LogP contribution < -0.4 is 5.32 Å². The van der Waals surface area contributed by atoms with Gasteiger partial charge in [0.05, 0.1) is 12.7 Å². The lowest BCUT2D eigenvalue weighted by Crippen LogP contribution is -2.54. The van der Waals surface area contributed by atoms with Crippen LogP contribution in [0.1, 0.15) is 32.4 Å². The van der Waals surface area contributed by atoms with Gasteiger partial charge in [-0.25, -0.2) is 4.79 Å². The minimum Gasteiger partial charge on any atom is -0.449 e. The number of hydrogen-bond donors (Lipinski definition) is 1. The predicted molar refractivity (Wildman–Crippen MR) is 115 cm³/mol. The van der Waals surface area contributed by atoms with Crippen molar-refractivity contribution in [3.8, 4) is 0 Å². The molecule has 4 nitrogen and oxygen atoms in total. The van der Waals surface area contributed by atoms with E-state index >= 15 is 0 Å². The van der Waals surface area contributed by atoms with E-state index in [0.29, 0.717) is 19.1 Å². The lowest BCUT2D eigenvalue weighted by molar-refractivity contribution is -0.165. The van der Waals surface area contributed by atoms with Crippen molar-refractivity contribution in [1.29, 1.82) is 0 Å². The molecule has 0 radical (unpaired) electrons. The lowest BCUT2D eigenvalue weighted by Gasteiger charge is -2.55. The summed E-state index contributed by atoms with van der Waals surface area (Å²) in [6, 6.07) is 19.8. The molecule has 1 fully saturated rings. The van der Waals surface area contributed by atoms with Gasteiger partial charge in [0.15, 0.2) is 0 Å². The molecule has 1 N–H and O–H groups in total. The molecule has 2 aromatic carbocycles. The van der Waals surface area contributed by atoms with E-state index in [0.717, 1.165) is 5.69 Å². The van der Waals surface area contributed by atoms with Gasteiger partial charge in [-0.2, -0.15) is 0 Å². The van der Waals surface area contributed by atoms with Crippen LogP contribution in [0.2, 0.25) is 0 Å². The van der Waals surface area contributed by atoms with E-state index in [2.05, 4.69) is 56.4 Å². The number of carbonyl (C=O) groups is 1. The van der Waals surface area contributed by atoms with Crippen LogP contribution in [-0.2, 0) is 9.47 Å². The van der Waals surface area contributed by atoms with E-state index in [9.17, 15) is 4.79 Å². The first kappa shape index (κ1) is 19.7. The van der Waals surface area contributed by atoms with Crippen LogP contribution in [0.3, 0.4) is 0 Å². The molecule has 1 amide bonds. The molecule has 2 aromatic rings. The molecule has 1 saturated heterocycles. The van der Waals surface area contributed by atoms with Crippen molar-refractivity contribution in [3.63, 3.8) is 0 Å². The van der Waals surface area contributed by atoms with Crippen molar-refractivity contribution >= 4 is 11.8 Å². The van der Waals surface area contributed by atoms with Gasteiger partial charge in [-0.1, -0.05) is 74.0 Å². The average Bonchev–Trinajstić information content (AvgIpc) is 2.73. The van der Waals surface area contributed by atoms with Crippen LogP contribution >= 0.6 is 0 Å². The summed E-state index contributed by atoms with van der Waals surface area (Å²) in [5.74, 6) is 0.893. The van der Waals surface area contributed by atoms with Crippen molar-refractivity contribution in [2.24, 2.45) is 23.2 Å². The van der Waals surface area contributed by atoms with Gasteiger partial charge in [0.25, 0.3) is 0 Å². The number of para-hydroxylation sites is 1. The van der Waals surface area contributed by atoms with Crippen LogP contribution in [0.4, 0.5) is 10.5 Å². The SMILES string of the molecule is CC1=CC(C)C2(COC(=O)Nc3ccccc3)COC(c3ccccc3)C1C2C. The molecule has 1 heterocycles. The highest BCUT2D eigenvalue weighted by Crippen LogP contribution is 2.56. The second-order valence-corrected chi connectivity index (χ2v) is 8.46. The maximum Gasteiger partial charge on any atom is 0.411 e. The van der Waals surface area contributed by atoms with Gasteiger partial charge in [-0.3, -0.25) is 5.32 Å². The number of hydrogen-bond acceptors (Lipinski definition) is 3. The van der Waals surface area contributed by atoms with Crippen molar-refractivity contribution in [1.82, 2.24) is 0 Å². The zero-order valence-corrected chi connectivity index (χ0v) is 17.3. The van der Waals surface area contributed by atoms with Crippen molar-refractivity contribution in [2.75, 3.05) is 18.5 Å². The first-order valence-corrected chi connectivity index (χ1v) is 10.3. The van der Waals surface area contributed by atoms with Crippen LogP contribution in [0.5, 0.6) is 0 Å². The molecule has 0 aromatic heterocycles. The van der Waals surface area contributed by atoms with Gasteiger partial charge in [0.1, 0.15) is 6.61 Å². The summed E-state index contributed by atoms with van der Waals surface area (Å²) < 4.78 is 12.2. The maximum absolute atomic E-state index is 12.4. The van der Waals surface area contributed by atoms with E-state index in [1.807, 2.05) is 36.4 Å². The number of anilines is 1. The largest absolute Gasteiger partial charge is 0.449 e. The highest BCUT2D eigenvalue weighted by atomic mass is 16.6. The Morgan fingerprint density at radius 1 is 1.10 bits per heavy atom. The summed E-state index contributed by atoms with van der Waals surface area (Å²) in [6.45, 7) is 7.62. The van der Waals surface area contributed by atoms with Gasteiger partial charge in [-0.15, -0.1) is 0 Å². The normalized spacial score (nSPS) is 30.9. The van der Waals surface area contributed by atoms with E-state index in [1.165, 1.54) is 11.1 Å². The van der Waals surface area contributed by atoms with Gasteiger partial charge in [0, 0.05) is 17.0 Å². The van der Waals surface area contributed by atoms with Crippen molar-refractivity contribution in [3.05, 3.63) is 77.9 Å². The maximum atomic E-state index is 12.4. The van der Waals surface area contributed by atoms with Gasteiger partial charge >= 0.3 is 6.09 Å². The topological polar surface area (TPSA) is 47.6 Å². The number of allylic oxidation sites excluding steroid dienone is 1. The highest BCUT2D eigenvalue weighted by Gasteiger charge is 2.54. The Bertz CT molecular complexity index is 879. The van der Waals surface area contributed by atoms with Crippen LogP contribution in [0, 0.1) is 23.2 Å². The number of benzene rings is 2. The molecular formula is C25H29NO3. The Morgan fingerprint density at radius 3 is 2.45 bits per heavy atom. The number of carbonyl (C=O) groups excluding carboxylic acids is 1. The monoisotopic (exact) mass is 391 g/mol. The lowest BCUT2D eigenvalue weighted by atomic mass is 9.56. The molecule has 0 saturated carbocycles. The summed E-state index contributed by atoms with van der Waals surface area (Å²) in [7, 11) is 0. The first-order chi connectivity index (χ1) is 14.0. The van der Waals surface area contributed by atoms with Crippen molar-refractivity contribution < 1.29 is 14.3 Å². The Morgan fingerprint density at radius 2 is 1.76 bits per heavy atom. The Hall–Kier alpha value is -2.59. The Balaban J connectivity index is 1.52. The third-order valence-electron chi connectivity index (χ3n) is 6.87. The zero-order chi connectivity index (χ0) is 20.4. The minimum atomic E-state index is -0.419. The standard InChI is InChI=1S/C25H29NO3/c1-17-14-18(2)25(16-29-24(27)26-21-12-8-5-9-13-21)15-28-23(22(17)19(25)3)20-10-6-4-7-11-20/h4-14,18-19,22-23H,15-16H2,1-3H3,(H,26,27). The molecule has 2 bridgehead atoms. The second kappa shape index (κ2) is 8.03. The number of nitrogens with one attached hydrogen (secondary N) is 1. The van der Waals surface area contributed by atoms with Gasteiger partial charge < -0.3 is 9.47 Å². The highest BCUT2D eigenvalue weighted by molar-refractivity contribution is 5.84. The Kier molecular flexibility index (Phi) is 5.46. The molecule has 1 aliphatic heterocycles. The summed E-state index contributed by atoms with van der Waals surface area (Å²) in [6.07, 6.45) is 1.97. The van der Waals surface area contributed by atoms with E-state index in [4.69, 9.17) is 9.47 Å². The predicted octanol–water partition coefficient (Wildman–Crippen LogP) is 5.84. The van der Waals surface area contributed by atoms with Crippen molar-refractivity contribution in [2.45, 2.75) is 26.9 Å². The number of rotatable bonds is 4. The molecule has 4 heteroatoms.